The van der Waals surface area contributed by atoms with Crippen LogP contribution in [0.5, 0.6) is 0 Å². The molecule has 0 aliphatic carbocycles. The van der Waals surface area contributed by atoms with Crippen molar-refractivity contribution >= 4 is 5.91 Å². The van der Waals surface area contributed by atoms with Gasteiger partial charge in [0.25, 0.3) is 0 Å². The Morgan fingerprint density at radius 2 is 1.67 bits per heavy atom. The van der Waals surface area contributed by atoms with E-state index in [0.717, 1.165) is 44.6 Å². The number of benzene rings is 2. The summed E-state index contributed by atoms with van der Waals surface area (Å²) in [6.45, 7) is 3.76. The third kappa shape index (κ3) is 5.91. The highest BCUT2D eigenvalue weighted by atomic mass is 16.2. The van der Waals surface area contributed by atoms with Crippen LogP contribution < -0.4 is 5.73 Å². The second-order valence-corrected chi connectivity index (χ2v) is 7.73. The maximum absolute atomic E-state index is 12.6. The average Bonchev–Trinajstić information content (AvgIpc) is 2.70. The summed E-state index contributed by atoms with van der Waals surface area (Å²) in [5.74, 6) is 0.841. The molecule has 0 spiro atoms. The highest BCUT2D eigenvalue weighted by molar-refractivity contribution is 5.77. The van der Waals surface area contributed by atoms with Crippen LogP contribution in [0.2, 0.25) is 0 Å². The maximum Gasteiger partial charge on any atom is 0.224 e. The number of likely N-dealkylation sites (tertiary alicyclic amines) is 1. The van der Waals surface area contributed by atoms with Crippen molar-refractivity contribution in [1.82, 2.24) is 9.80 Å². The van der Waals surface area contributed by atoms with Gasteiger partial charge in [0, 0.05) is 38.6 Å². The standard InChI is InChI=1S/C23H31N3O/c1-25(17-19-8-4-2-5-9-19)18-20-12-14-26(15-13-20)23(27)16-22(24)21-10-6-3-7-11-21/h2-11,20,22H,12-18,24H2,1H3. The Balaban J connectivity index is 1.41. The van der Waals surface area contributed by atoms with Crippen LogP contribution in [0.25, 0.3) is 0 Å². The molecule has 1 aliphatic rings. The molecule has 4 nitrogen and oxygen atoms in total. The number of hydrogen-bond acceptors (Lipinski definition) is 3. The molecule has 0 aromatic heterocycles. The first-order valence-corrected chi connectivity index (χ1v) is 9.92. The number of rotatable bonds is 7. The monoisotopic (exact) mass is 365 g/mol. The first-order chi connectivity index (χ1) is 13.1. The van der Waals surface area contributed by atoms with Gasteiger partial charge in [0.05, 0.1) is 0 Å². The summed E-state index contributed by atoms with van der Waals surface area (Å²) in [7, 11) is 2.18. The van der Waals surface area contributed by atoms with Gasteiger partial charge in [-0.05, 0) is 36.9 Å². The molecule has 0 saturated carbocycles. The molecule has 1 aliphatic heterocycles. The maximum atomic E-state index is 12.6. The third-order valence-corrected chi connectivity index (χ3v) is 5.45. The number of nitrogens with zero attached hydrogens (tertiary/aromatic N) is 2. The summed E-state index contributed by atoms with van der Waals surface area (Å²) in [6, 6.07) is 20.3. The molecular weight excluding hydrogens is 334 g/mol. The van der Waals surface area contributed by atoms with Gasteiger partial charge in [-0.3, -0.25) is 4.79 Å². The zero-order chi connectivity index (χ0) is 19.1. The average molecular weight is 366 g/mol. The molecule has 4 heteroatoms. The minimum absolute atomic E-state index is 0.183. The van der Waals surface area contributed by atoms with Gasteiger partial charge in [-0.15, -0.1) is 0 Å². The first kappa shape index (κ1) is 19.6. The van der Waals surface area contributed by atoms with Gasteiger partial charge in [0.2, 0.25) is 5.91 Å². The summed E-state index contributed by atoms with van der Waals surface area (Å²) in [6.07, 6.45) is 2.54. The van der Waals surface area contributed by atoms with E-state index in [4.69, 9.17) is 5.73 Å². The number of piperidine rings is 1. The topological polar surface area (TPSA) is 49.6 Å². The number of carbonyl (C=O) groups is 1. The predicted molar refractivity (Wildman–Crippen MR) is 110 cm³/mol. The fraction of sp³-hybridized carbons (Fsp3) is 0.435. The van der Waals surface area contributed by atoms with Crippen molar-refractivity contribution in [2.24, 2.45) is 11.7 Å². The van der Waals surface area contributed by atoms with E-state index in [0.29, 0.717) is 12.3 Å². The summed E-state index contributed by atoms with van der Waals surface area (Å²) in [4.78, 5) is 17.0. The number of nitrogens with two attached hydrogens (primary N) is 1. The molecular formula is C23H31N3O. The van der Waals surface area contributed by atoms with Crippen LogP contribution in [0.3, 0.4) is 0 Å². The van der Waals surface area contributed by atoms with Crippen LogP contribution in [-0.2, 0) is 11.3 Å². The number of carbonyl (C=O) groups excluding carboxylic acids is 1. The Morgan fingerprint density at radius 3 is 2.30 bits per heavy atom. The van der Waals surface area contributed by atoms with Crippen LogP contribution in [0.15, 0.2) is 60.7 Å². The molecule has 1 unspecified atom stereocenters. The normalized spacial score (nSPS) is 16.5. The van der Waals surface area contributed by atoms with E-state index in [1.807, 2.05) is 35.2 Å². The molecule has 1 atom stereocenters. The molecule has 2 N–H and O–H groups in total. The zero-order valence-electron chi connectivity index (χ0n) is 16.3. The second-order valence-electron chi connectivity index (χ2n) is 7.73. The lowest BCUT2D eigenvalue weighted by Crippen LogP contribution is -2.41. The summed E-state index contributed by atoms with van der Waals surface area (Å²) >= 11 is 0. The highest BCUT2D eigenvalue weighted by Gasteiger charge is 2.24. The van der Waals surface area contributed by atoms with Gasteiger partial charge in [-0.1, -0.05) is 60.7 Å². The van der Waals surface area contributed by atoms with Crippen molar-refractivity contribution in [3.8, 4) is 0 Å². The van der Waals surface area contributed by atoms with E-state index < -0.39 is 0 Å². The van der Waals surface area contributed by atoms with Crippen molar-refractivity contribution in [1.29, 1.82) is 0 Å². The van der Waals surface area contributed by atoms with E-state index in [-0.39, 0.29) is 11.9 Å². The molecule has 1 heterocycles. The lowest BCUT2D eigenvalue weighted by molar-refractivity contribution is -0.133. The van der Waals surface area contributed by atoms with Crippen molar-refractivity contribution < 1.29 is 4.79 Å². The quantitative estimate of drug-likeness (QED) is 0.818. The molecule has 2 aromatic rings. The van der Waals surface area contributed by atoms with Gasteiger partial charge in [0.1, 0.15) is 0 Å². The Kier molecular flexibility index (Phi) is 7.02. The largest absolute Gasteiger partial charge is 0.343 e. The minimum atomic E-state index is -0.214. The van der Waals surface area contributed by atoms with Crippen molar-refractivity contribution in [3.63, 3.8) is 0 Å². The molecule has 27 heavy (non-hydrogen) atoms. The molecule has 1 fully saturated rings. The molecule has 3 rings (SSSR count). The highest BCUT2D eigenvalue weighted by Crippen LogP contribution is 2.21. The van der Waals surface area contributed by atoms with Crippen LogP contribution in [-0.4, -0.2) is 42.4 Å². The Labute approximate surface area is 163 Å². The van der Waals surface area contributed by atoms with E-state index >= 15 is 0 Å². The van der Waals surface area contributed by atoms with Crippen LogP contribution in [0, 0.1) is 5.92 Å². The predicted octanol–water partition coefficient (Wildman–Crippen LogP) is 3.45. The lowest BCUT2D eigenvalue weighted by Gasteiger charge is -2.34. The van der Waals surface area contributed by atoms with Crippen LogP contribution in [0.4, 0.5) is 0 Å². The second kappa shape index (κ2) is 9.67. The van der Waals surface area contributed by atoms with E-state index in [2.05, 4.69) is 42.3 Å². The van der Waals surface area contributed by atoms with Gasteiger partial charge in [0.15, 0.2) is 0 Å². The first-order valence-electron chi connectivity index (χ1n) is 9.92. The molecule has 1 saturated heterocycles. The summed E-state index contributed by atoms with van der Waals surface area (Å²) in [5, 5.41) is 0. The van der Waals surface area contributed by atoms with Crippen LogP contribution >= 0.6 is 0 Å². The smallest absolute Gasteiger partial charge is 0.224 e. The molecule has 144 valence electrons. The van der Waals surface area contributed by atoms with Crippen molar-refractivity contribution in [3.05, 3.63) is 71.8 Å². The Hall–Kier alpha value is -2.17. The van der Waals surface area contributed by atoms with E-state index in [1.54, 1.807) is 0 Å². The SMILES string of the molecule is CN(Cc1ccccc1)CC1CCN(C(=O)CC(N)c2ccccc2)CC1. The number of amides is 1. The van der Waals surface area contributed by atoms with Crippen LogP contribution in [0.1, 0.15) is 36.4 Å². The third-order valence-electron chi connectivity index (χ3n) is 5.45. The van der Waals surface area contributed by atoms with E-state index in [9.17, 15) is 4.79 Å². The van der Waals surface area contributed by atoms with Crippen molar-refractivity contribution in [2.45, 2.75) is 31.8 Å². The Bertz CT molecular complexity index is 696. The molecule has 0 bridgehead atoms. The Morgan fingerprint density at radius 1 is 1.07 bits per heavy atom. The van der Waals surface area contributed by atoms with Gasteiger partial charge < -0.3 is 15.5 Å². The fourth-order valence-electron chi connectivity index (χ4n) is 3.90. The van der Waals surface area contributed by atoms with Gasteiger partial charge >= 0.3 is 0 Å². The molecule has 1 amide bonds. The molecule has 0 radical (unpaired) electrons. The zero-order valence-corrected chi connectivity index (χ0v) is 16.3. The minimum Gasteiger partial charge on any atom is -0.343 e. The van der Waals surface area contributed by atoms with Crippen molar-refractivity contribution in [2.75, 3.05) is 26.7 Å². The lowest BCUT2D eigenvalue weighted by atomic mass is 9.95. The summed E-state index contributed by atoms with van der Waals surface area (Å²) < 4.78 is 0. The van der Waals surface area contributed by atoms with Gasteiger partial charge in [-0.2, -0.15) is 0 Å². The van der Waals surface area contributed by atoms with Gasteiger partial charge in [-0.25, -0.2) is 0 Å². The fourth-order valence-corrected chi connectivity index (χ4v) is 3.90. The summed E-state index contributed by atoms with van der Waals surface area (Å²) in [5.41, 5.74) is 8.60. The van der Waals surface area contributed by atoms with E-state index in [1.165, 1.54) is 5.56 Å². The molecule has 2 aromatic carbocycles. The number of hydrogen-bond donors (Lipinski definition) is 1.